The largest absolute Gasteiger partial charge is 0.534 e. The van der Waals surface area contributed by atoms with Crippen molar-refractivity contribution >= 4 is 29.9 Å². The number of rotatable bonds is 17. The second kappa shape index (κ2) is 17.3. The Morgan fingerprint density at radius 1 is 0.957 bits per heavy atom. The van der Waals surface area contributed by atoms with Gasteiger partial charge < -0.3 is 33.2 Å². The first kappa shape index (κ1) is 36.0. The van der Waals surface area contributed by atoms with E-state index in [1.807, 2.05) is 19.9 Å². The molecule has 252 valence electrons. The van der Waals surface area contributed by atoms with Crippen LogP contribution in [-0.2, 0) is 55.9 Å². The van der Waals surface area contributed by atoms with Crippen molar-refractivity contribution in [1.82, 2.24) is 5.06 Å². The molecule has 0 aliphatic carbocycles. The van der Waals surface area contributed by atoms with E-state index < -0.39 is 35.8 Å². The van der Waals surface area contributed by atoms with Gasteiger partial charge in [0.15, 0.2) is 6.79 Å². The van der Waals surface area contributed by atoms with Crippen molar-refractivity contribution in [3.63, 3.8) is 0 Å². The molecular formula is C32H41NO13. The second-order valence-corrected chi connectivity index (χ2v) is 10.7. The first-order valence-corrected chi connectivity index (χ1v) is 14.7. The molecule has 1 aromatic carbocycles. The van der Waals surface area contributed by atoms with Crippen LogP contribution in [0, 0.1) is 12.8 Å². The Morgan fingerprint density at radius 2 is 1.63 bits per heavy atom. The molecule has 1 fully saturated rings. The van der Waals surface area contributed by atoms with Gasteiger partial charge in [-0.05, 0) is 51.7 Å². The molecule has 1 atom stereocenters. The minimum Gasteiger partial charge on any atom is -0.496 e. The van der Waals surface area contributed by atoms with E-state index in [4.69, 9.17) is 33.2 Å². The number of hydroxylamine groups is 2. The van der Waals surface area contributed by atoms with Gasteiger partial charge in [0.25, 0.3) is 11.8 Å². The molecule has 1 saturated heterocycles. The first-order valence-electron chi connectivity index (χ1n) is 14.7. The molecule has 1 aromatic rings. The number of hydrogen-bond acceptors (Lipinski definition) is 13. The zero-order chi connectivity index (χ0) is 33.8. The van der Waals surface area contributed by atoms with Crippen molar-refractivity contribution in [2.45, 2.75) is 59.5 Å². The summed E-state index contributed by atoms with van der Waals surface area (Å²) in [5, 5.41) is 0.401. The van der Waals surface area contributed by atoms with Gasteiger partial charge in [0.05, 0.1) is 33.4 Å². The topological polar surface area (TPSA) is 162 Å². The molecule has 0 saturated carbocycles. The maximum Gasteiger partial charge on any atom is 0.534 e. The van der Waals surface area contributed by atoms with Crippen LogP contribution in [0.4, 0.5) is 4.79 Å². The fraction of sp³-hybridized carbons (Fsp3) is 0.531. The van der Waals surface area contributed by atoms with Crippen molar-refractivity contribution in [2.24, 2.45) is 5.92 Å². The lowest BCUT2D eigenvalue weighted by molar-refractivity contribution is -0.176. The van der Waals surface area contributed by atoms with Crippen molar-refractivity contribution < 1.29 is 62.0 Å². The monoisotopic (exact) mass is 647 g/mol. The van der Waals surface area contributed by atoms with Gasteiger partial charge >= 0.3 is 18.1 Å². The quantitative estimate of drug-likeness (QED) is 0.0598. The molecule has 46 heavy (non-hydrogen) atoms. The van der Waals surface area contributed by atoms with Gasteiger partial charge in [-0.15, -0.1) is 0 Å². The SMILES string of the molecule is COCCOCOc1c(C/C=C(\C)CC(C/C(C)=C/COC(=O)ON2C(=O)CCC2=O)C(=O)OC)c(OC)c(C)c2c1C(=O)OC2. The number of methoxy groups -OCH3 is 3. The predicted molar refractivity (Wildman–Crippen MR) is 160 cm³/mol. The normalized spacial score (nSPS) is 15.4. The summed E-state index contributed by atoms with van der Waals surface area (Å²) >= 11 is 0. The molecule has 0 spiro atoms. The summed E-state index contributed by atoms with van der Waals surface area (Å²) in [6, 6.07) is 0. The van der Waals surface area contributed by atoms with Gasteiger partial charge in [-0.3, -0.25) is 19.2 Å². The number of amides is 2. The molecule has 3 rings (SSSR count). The van der Waals surface area contributed by atoms with E-state index in [0.717, 1.165) is 16.7 Å². The van der Waals surface area contributed by atoms with E-state index in [-0.39, 0.29) is 32.8 Å². The van der Waals surface area contributed by atoms with E-state index >= 15 is 0 Å². The number of benzene rings is 1. The average molecular weight is 648 g/mol. The molecule has 0 bridgehead atoms. The maximum absolute atomic E-state index is 12.7. The van der Waals surface area contributed by atoms with Crippen LogP contribution in [0.3, 0.4) is 0 Å². The van der Waals surface area contributed by atoms with E-state index in [2.05, 4.69) is 4.84 Å². The highest BCUT2D eigenvalue weighted by Gasteiger charge is 2.34. The maximum atomic E-state index is 12.7. The zero-order valence-electron chi connectivity index (χ0n) is 27.1. The van der Waals surface area contributed by atoms with E-state index in [9.17, 15) is 24.0 Å². The molecule has 0 aromatic heterocycles. The smallest absolute Gasteiger partial charge is 0.496 e. The number of allylic oxidation sites excluding steroid dienone is 3. The van der Waals surface area contributed by atoms with Gasteiger partial charge in [-0.25, -0.2) is 9.59 Å². The lowest BCUT2D eigenvalue weighted by Gasteiger charge is -2.20. The van der Waals surface area contributed by atoms with E-state index in [1.54, 1.807) is 27.2 Å². The number of esters is 2. The third-order valence-corrected chi connectivity index (χ3v) is 7.47. The predicted octanol–water partition coefficient (Wildman–Crippen LogP) is 3.90. The molecule has 2 aliphatic heterocycles. The number of fused-ring (bicyclic) bond motifs is 1. The average Bonchev–Trinajstić information content (AvgIpc) is 3.57. The minimum absolute atomic E-state index is 0.0255. The van der Waals surface area contributed by atoms with Crippen molar-refractivity contribution in [1.29, 1.82) is 0 Å². The number of carbonyl (C=O) groups excluding carboxylic acids is 5. The number of ether oxygens (including phenoxy) is 7. The third-order valence-electron chi connectivity index (χ3n) is 7.47. The number of carbonyl (C=O) groups is 5. The van der Waals surface area contributed by atoms with E-state index in [0.29, 0.717) is 65.7 Å². The number of hydrogen-bond donors (Lipinski definition) is 0. The zero-order valence-corrected chi connectivity index (χ0v) is 27.1. The number of cyclic esters (lactones) is 1. The van der Waals surface area contributed by atoms with Crippen LogP contribution in [0.5, 0.6) is 11.5 Å². The first-order chi connectivity index (χ1) is 22.0. The number of imide groups is 1. The molecule has 2 aliphatic rings. The molecule has 2 heterocycles. The summed E-state index contributed by atoms with van der Waals surface area (Å²) in [5.74, 6) is -1.79. The Balaban J connectivity index is 1.71. The lowest BCUT2D eigenvalue weighted by Crippen LogP contribution is -2.32. The highest BCUT2D eigenvalue weighted by atomic mass is 16.8. The fourth-order valence-corrected chi connectivity index (χ4v) is 5.11. The minimum atomic E-state index is -1.19. The van der Waals surface area contributed by atoms with Gasteiger partial charge in [0.1, 0.15) is 30.3 Å². The summed E-state index contributed by atoms with van der Waals surface area (Å²) in [6.07, 6.45) is 3.27. The molecule has 14 nitrogen and oxygen atoms in total. The summed E-state index contributed by atoms with van der Waals surface area (Å²) in [7, 11) is 4.41. The van der Waals surface area contributed by atoms with Crippen LogP contribution >= 0.6 is 0 Å². The Kier molecular flexibility index (Phi) is 13.6. The van der Waals surface area contributed by atoms with Crippen LogP contribution in [0.25, 0.3) is 0 Å². The van der Waals surface area contributed by atoms with Gasteiger partial charge in [-0.2, -0.15) is 0 Å². The molecule has 0 radical (unpaired) electrons. The van der Waals surface area contributed by atoms with Gasteiger partial charge in [-0.1, -0.05) is 22.3 Å². The Bertz CT molecular complexity index is 1360. The molecule has 0 N–H and O–H groups in total. The van der Waals surface area contributed by atoms with Crippen LogP contribution in [0.1, 0.15) is 66.6 Å². The standard InChI is InChI=1S/C32H41NO13/c1-19(15-22(30(36)41-6)16-20(2)11-12-43-32(38)46-33-25(34)9-10-26(33)35)7-8-23-28(40-5)21(3)24-17-44-31(37)27(24)29(23)45-18-42-14-13-39-4/h7,11,22H,8-10,12-18H2,1-6H3/b19-7+,20-11+. The van der Waals surface area contributed by atoms with Crippen LogP contribution in [0.15, 0.2) is 23.3 Å². The van der Waals surface area contributed by atoms with Gasteiger partial charge in [0, 0.05) is 31.1 Å². The lowest BCUT2D eigenvalue weighted by atomic mass is 9.91. The third kappa shape index (κ3) is 9.30. The summed E-state index contributed by atoms with van der Waals surface area (Å²) in [6.45, 7) is 6.00. The Labute approximate surface area is 267 Å². The van der Waals surface area contributed by atoms with Crippen molar-refractivity contribution in [3.8, 4) is 11.5 Å². The Morgan fingerprint density at radius 3 is 2.26 bits per heavy atom. The van der Waals surface area contributed by atoms with Crippen LogP contribution in [-0.4, -0.2) is 82.9 Å². The Hall–Kier alpha value is -4.43. The van der Waals surface area contributed by atoms with E-state index in [1.165, 1.54) is 7.11 Å². The number of nitrogens with zero attached hydrogens (tertiary/aromatic N) is 1. The van der Waals surface area contributed by atoms with Gasteiger partial charge in [0.2, 0.25) is 0 Å². The van der Waals surface area contributed by atoms with Crippen molar-refractivity contribution in [3.05, 3.63) is 45.6 Å². The highest BCUT2D eigenvalue weighted by molar-refractivity contribution is 6.01. The molecule has 1 unspecified atom stereocenters. The highest BCUT2D eigenvalue weighted by Crippen LogP contribution is 2.43. The van der Waals surface area contributed by atoms with Crippen molar-refractivity contribution in [2.75, 3.05) is 47.9 Å². The summed E-state index contributed by atoms with van der Waals surface area (Å²) in [4.78, 5) is 65.2. The van der Waals surface area contributed by atoms with Crippen LogP contribution in [0.2, 0.25) is 0 Å². The molecule has 2 amide bonds. The fourth-order valence-electron chi connectivity index (χ4n) is 5.11. The molecular weight excluding hydrogens is 606 g/mol. The molecule has 14 heteroatoms. The summed E-state index contributed by atoms with van der Waals surface area (Å²) < 4.78 is 37.5. The summed E-state index contributed by atoms with van der Waals surface area (Å²) in [5.41, 5.74) is 4.05. The second-order valence-electron chi connectivity index (χ2n) is 10.7. The van der Waals surface area contributed by atoms with Crippen LogP contribution < -0.4 is 9.47 Å².